The molecule has 1 aromatic heterocycles. The topological polar surface area (TPSA) is 154 Å². The number of ketones is 1. The highest BCUT2D eigenvalue weighted by Gasteiger charge is 2.36. The van der Waals surface area contributed by atoms with Crippen LogP contribution in [0, 0.1) is 17.3 Å². The van der Waals surface area contributed by atoms with Crippen molar-refractivity contribution in [2.24, 2.45) is 24.3 Å². The monoisotopic (exact) mass is 506 g/mol. The second kappa shape index (κ2) is 13.6. The van der Waals surface area contributed by atoms with Crippen LogP contribution in [-0.2, 0) is 32.8 Å². The molecular formula is C26H42N4O6. The fraction of sp³-hybridized carbons (Fsp3) is 0.577. The molecule has 1 unspecified atom stereocenters. The molecule has 2 aromatic rings. The van der Waals surface area contributed by atoms with E-state index in [4.69, 9.17) is 14.8 Å². The normalized spacial score (nSPS) is 14.2. The molecule has 36 heavy (non-hydrogen) atoms. The van der Waals surface area contributed by atoms with Gasteiger partial charge in [-0.25, -0.2) is 0 Å². The average molecular weight is 507 g/mol. The fourth-order valence-corrected chi connectivity index (χ4v) is 4.22. The second-order valence-corrected chi connectivity index (χ2v) is 10.5. The van der Waals surface area contributed by atoms with Gasteiger partial charge in [0.15, 0.2) is 5.78 Å². The Morgan fingerprint density at radius 1 is 1.14 bits per heavy atom. The molecule has 10 heteroatoms. The smallest absolute Gasteiger partial charge is 0.250 e. The minimum Gasteiger partial charge on any atom is -0.370 e. The van der Waals surface area contributed by atoms with Crippen LogP contribution in [0.5, 0.6) is 0 Å². The van der Waals surface area contributed by atoms with Gasteiger partial charge in [-0.1, -0.05) is 52.4 Å². The number of hydrogen-bond donors (Lipinski definition) is 4. The quantitative estimate of drug-likeness (QED) is 0.320. The van der Waals surface area contributed by atoms with E-state index >= 15 is 0 Å². The molecule has 10 nitrogen and oxygen atoms in total. The molecule has 6 N–H and O–H groups in total. The first-order chi connectivity index (χ1) is 16.3. The number of aromatic nitrogens is 1. The van der Waals surface area contributed by atoms with Gasteiger partial charge in [0.2, 0.25) is 5.91 Å². The highest BCUT2D eigenvalue weighted by atomic mass is 16.8. The molecule has 0 spiro atoms. The number of benzene rings is 1. The highest BCUT2D eigenvalue weighted by molar-refractivity contribution is 5.89. The maximum Gasteiger partial charge on any atom is 0.250 e. The number of ether oxygens (including phenoxy) is 1. The van der Waals surface area contributed by atoms with Crippen molar-refractivity contribution in [3.63, 3.8) is 0 Å². The predicted molar refractivity (Wildman–Crippen MR) is 139 cm³/mol. The van der Waals surface area contributed by atoms with Gasteiger partial charge in [0, 0.05) is 13.1 Å². The molecule has 0 saturated heterocycles. The van der Waals surface area contributed by atoms with Crippen molar-refractivity contribution >= 4 is 22.6 Å². The zero-order valence-electron chi connectivity index (χ0n) is 22.5. The van der Waals surface area contributed by atoms with Gasteiger partial charge in [-0.3, -0.25) is 24.4 Å². The predicted octanol–water partition coefficient (Wildman–Crippen LogP) is 3.28. The van der Waals surface area contributed by atoms with Crippen LogP contribution in [-0.4, -0.2) is 40.2 Å². The number of Topliss-reactive ketones (excluding diaryl/α,β-unsaturated/α-hetero) is 1. The first-order valence-corrected chi connectivity index (χ1v) is 11.9. The number of hydrogen-bond acceptors (Lipinski definition) is 8. The van der Waals surface area contributed by atoms with Crippen molar-refractivity contribution in [2.75, 3.05) is 6.61 Å². The Morgan fingerprint density at radius 2 is 1.78 bits per heavy atom. The molecule has 0 saturated carbocycles. The zero-order chi connectivity index (χ0) is 26.3. The summed E-state index contributed by atoms with van der Waals surface area (Å²) >= 11 is 0. The molecule has 3 atom stereocenters. The summed E-state index contributed by atoms with van der Waals surface area (Å²) in [7, 11) is 1.71. The molecular weight excluding hydrogens is 464 g/mol. The molecule has 0 aliphatic rings. The Balaban J connectivity index is 0.00000648. The van der Waals surface area contributed by atoms with Gasteiger partial charge >= 0.3 is 0 Å². The number of pyridine rings is 1. The largest absolute Gasteiger partial charge is 0.370 e. The second-order valence-electron chi connectivity index (χ2n) is 10.5. The summed E-state index contributed by atoms with van der Waals surface area (Å²) in [6, 6.07) is 8.33. The third-order valence-electron chi connectivity index (χ3n) is 6.04. The van der Waals surface area contributed by atoms with Crippen LogP contribution in [0.4, 0.5) is 0 Å². The van der Waals surface area contributed by atoms with Crippen LogP contribution in [0.25, 0.3) is 10.9 Å². The Kier molecular flexibility index (Phi) is 11.9. The van der Waals surface area contributed by atoms with Crippen LogP contribution >= 0.6 is 0 Å². The SMILES string of the molecule is CC(=O)[C@@H](NC(=O)[C@H](CC(C)C)C(CONO)OCc1ccc2ccc(=O)n(C)c2c1)C(C)(C)C.N. The maximum absolute atomic E-state index is 13.4. The molecule has 1 amide bonds. The van der Waals surface area contributed by atoms with Crippen molar-refractivity contribution in [1.29, 1.82) is 0 Å². The molecule has 0 aliphatic heterocycles. The summed E-state index contributed by atoms with van der Waals surface area (Å²) in [5.41, 5.74) is 2.69. The number of carbonyl (C=O) groups excluding carboxylic acids is 2. The van der Waals surface area contributed by atoms with Crippen molar-refractivity contribution in [3.8, 4) is 0 Å². The van der Waals surface area contributed by atoms with Crippen LogP contribution in [0.1, 0.15) is 53.5 Å². The number of rotatable bonds is 12. The minimum atomic E-state index is -0.708. The zero-order valence-corrected chi connectivity index (χ0v) is 22.5. The highest BCUT2D eigenvalue weighted by Crippen LogP contribution is 2.25. The van der Waals surface area contributed by atoms with Crippen LogP contribution in [0.2, 0.25) is 0 Å². The lowest BCUT2D eigenvalue weighted by molar-refractivity contribution is -0.170. The van der Waals surface area contributed by atoms with E-state index in [2.05, 4.69) is 5.32 Å². The van der Waals surface area contributed by atoms with E-state index in [9.17, 15) is 14.4 Å². The Labute approximate surface area is 212 Å². The summed E-state index contributed by atoms with van der Waals surface area (Å²) in [4.78, 5) is 42.7. The van der Waals surface area contributed by atoms with Gasteiger partial charge in [0.25, 0.3) is 5.56 Å². The number of amides is 1. The summed E-state index contributed by atoms with van der Waals surface area (Å²) in [5.74, 6) is -0.889. The minimum absolute atomic E-state index is 0. The molecule has 2 rings (SSSR count). The van der Waals surface area contributed by atoms with E-state index in [-0.39, 0.29) is 42.5 Å². The standard InChI is InChI=1S/C26H39N3O6.H3N/c1-16(2)12-20(25(32)27-24(17(3)30)26(4,5)6)22(15-35-28-33)34-14-18-8-9-19-10-11-23(31)29(7)21(19)13-18;/h8-11,13,16,20,22,24,28,33H,12,14-15H2,1-7H3,(H,27,32);1H3/t20-,22?,24-;/m1./s1. The lowest BCUT2D eigenvalue weighted by atomic mass is 9.83. The van der Waals surface area contributed by atoms with Crippen molar-refractivity contribution in [3.05, 3.63) is 46.2 Å². The van der Waals surface area contributed by atoms with Crippen LogP contribution in [0.15, 0.2) is 35.1 Å². The number of nitrogens with zero attached hydrogens (tertiary/aromatic N) is 1. The summed E-state index contributed by atoms with van der Waals surface area (Å²) in [5, 5.41) is 12.8. The Morgan fingerprint density at radius 3 is 2.33 bits per heavy atom. The molecule has 0 fully saturated rings. The van der Waals surface area contributed by atoms with E-state index in [0.717, 1.165) is 16.5 Å². The van der Waals surface area contributed by atoms with Gasteiger partial charge in [0.1, 0.15) is 0 Å². The van der Waals surface area contributed by atoms with Gasteiger partial charge in [0.05, 0.1) is 36.8 Å². The molecule has 0 bridgehead atoms. The molecule has 0 aliphatic carbocycles. The molecule has 202 valence electrons. The summed E-state index contributed by atoms with van der Waals surface area (Å²) in [6.45, 7) is 11.2. The van der Waals surface area contributed by atoms with Gasteiger partial charge in [-0.2, -0.15) is 0 Å². The fourth-order valence-electron chi connectivity index (χ4n) is 4.22. The van der Waals surface area contributed by atoms with E-state index in [1.54, 1.807) is 23.3 Å². The van der Waals surface area contributed by atoms with Gasteiger partial charge < -0.3 is 20.8 Å². The van der Waals surface area contributed by atoms with Crippen molar-refractivity contribution < 1.29 is 24.4 Å². The third-order valence-corrected chi connectivity index (χ3v) is 6.04. The van der Waals surface area contributed by atoms with E-state index in [1.165, 1.54) is 13.0 Å². The van der Waals surface area contributed by atoms with Gasteiger partial charge in [-0.05, 0) is 47.8 Å². The van der Waals surface area contributed by atoms with E-state index in [0.29, 0.717) is 6.42 Å². The lowest BCUT2D eigenvalue weighted by Gasteiger charge is -2.33. The molecule has 1 heterocycles. The first kappa shape index (κ1) is 31.4. The van der Waals surface area contributed by atoms with Crippen molar-refractivity contribution in [1.82, 2.24) is 21.7 Å². The van der Waals surface area contributed by atoms with Crippen molar-refractivity contribution in [2.45, 2.75) is 66.7 Å². The number of fused-ring (bicyclic) bond motifs is 1. The van der Waals surface area contributed by atoms with Crippen LogP contribution in [0.3, 0.4) is 0 Å². The number of aryl methyl sites for hydroxylation is 1. The third kappa shape index (κ3) is 8.49. The summed E-state index contributed by atoms with van der Waals surface area (Å²) < 4.78 is 7.72. The number of nitrogens with one attached hydrogen (secondary N) is 2. The summed E-state index contributed by atoms with van der Waals surface area (Å²) in [6.07, 6.45) is -0.216. The average Bonchev–Trinajstić information content (AvgIpc) is 2.77. The van der Waals surface area contributed by atoms with Crippen LogP contribution < -0.4 is 22.7 Å². The Bertz CT molecular complexity index is 1080. The van der Waals surface area contributed by atoms with E-state index < -0.39 is 23.5 Å². The van der Waals surface area contributed by atoms with Gasteiger partial charge in [-0.15, -0.1) is 0 Å². The number of carbonyl (C=O) groups is 2. The first-order valence-electron chi connectivity index (χ1n) is 11.9. The molecule has 1 aromatic carbocycles. The lowest BCUT2D eigenvalue weighted by Crippen LogP contribution is -2.52. The maximum atomic E-state index is 13.4. The van der Waals surface area contributed by atoms with E-state index in [1.807, 2.05) is 52.8 Å². The Hall–Kier alpha value is -2.63. The molecule has 0 radical (unpaired) electrons.